The highest BCUT2D eigenvalue weighted by atomic mass is 32.2. The van der Waals surface area contributed by atoms with Crippen LogP contribution < -0.4 is 4.74 Å². The average molecular weight is 446 g/mol. The molecule has 1 saturated heterocycles. The average Bonchev–Trinajstić information content (AvgIpc) is 2.77. The Hall–Kier alpha value is -2.71. The molecule has 31 heavy (non-hydrogen) atoms. The van der Waals surface area contributed by atoms with E-state index in [2.05, 4.69) is 6.92 Å². The number of methoxy groups -OCH3 is 1. The zero-order chi connectivity index (χ0) is 22.6. The lowest BCUT2D eigenvalue weighted by Crippen LogP contribution is -2.37. The van der Waals surface area contributed by atoms with Crippen molar-refractivity contribution < 1.29 is 27.5 Å². The zero-order valence-electron chi connectivity index (χ0n) is 18.0. The Bertz CT molecular complexity index is 1050. The molecular formula is C23H27NO6S. The van der Waals surface area contributed by atoms with Crippen molar-refractivity contribution in [3.63, 3.8) is 0 Å². The maximum atomic E-state index is 12.8. The standard InChI is InChI=1S/C23H27NO6S/c1-16-10-12-24(13-11-16)31(27,28)21-7-4-18(5-8-21)23(26)30-15-20-14-19(17(2)25)6-9-22(20)29-3/h4-9,14,16H,10-13,15H2,1-3H3. The smallest absolute Gasteiger partial charge is 0.338 e. The van der Waals surface area contributed by atoms with Crippen molar-refractivity contribution in [1.82, 2.24) is 4.31 Å². The van der Waals surface area contributed by atoms with Crippen LogP contribution in [0.4, 0.5) is 0 Å². The number of sulfonamides is 1. The molecular weight excluding hydrogens is 418 g/mol. The molecule has 0 amide bonds. The molecule has 1 aliphatic rings. The Morgan fingerprint density at radius 1 is 1.03 bits per heavy atom. The number of piperidine rings is 1. The Morgan fingerprint density at radius 3 is 2.23 bits per heavy atom. The third-order valence-electron chi connectivity index (χ3n) is 5.52. The first-order valence-corrected chi connectivity index (χ1v) is 11.6. The normalized spacial score (nSPS) is 15.5. The summed E-state index contributed by atoms with van der Waals surface area (Å²) in [6, 6.07) is 10.7. The van der Waals surface area contributed by atoms with E-state index in [4.69, 9.17) is 9.47 Å². The van der Waals surface area contributed by atoms with Gasteiger partial charge in [0.2, 0.25) is 10.0 Å². The van der Waals surface area contributed by atoms with E-state index in [1.54, 1.807) is 18.2 Å². The second-order valence-corrected chi connectivity index (χ2v) is 9.71. The fourth-order valence-electron chi connectivity index (χ4n) is 3.47. The van der Waals surface area contributed by atoms with Gasteiger partial charge in [-0.05, 0) is 68.1 Å². The summed E-state index contributed by atoms with van der Waals surface area (Å²) < 4.78 is 37.7. The van der Waals surface area contributed by atoms with Crippen LogP contribution in [0, 0.1) is 5.92 Å². The van der Waals surface area contributed by atoms with Gasteiger partial charge < -0.3 is 9.47 Å². The number of benzene rings is 2. The topological polar surface area (TPSA) is 90.0 Å². The molecule has 3 rings (SSSR count). The van der Waals surface area contributed by atoms with Gasteiger partial charge in [-0.3, -0.25) is 4.79 Å². The van der Waals surface area contributed by atoms with Gasteiger partial charge >= 0.3 is 5.97 Å². The van der Waals surface area contributed by atoms with Crippen molar-refractivity contribution in [2.24, 2.45) is 5.92 Å². The Balaban J connectivity index is 1.68. The van der Waals surface area contributed by atoms with E-state index in [0.29, 0.717) is 35.9 Å². The number of esters is 1. The van der Waals surface area contributed by atoms with E-state index < -0.39 is 16.0 Å². The largest absolute Gasteiger partial charge is 0.496 e. The summed E-state index contributed by atoms with van der Waals surface area (Å²) >= 11 is 0. The van der Waals surface area contributed by atoms with Crippen LogP contribution in [0.25, 0.3) is 0 Å². The number of ketones is 1. The molecule has 0 aliphatic carbocycles. The van der Waals surface area contributed by atoms with Crippen LogP contribution in [0.1, 0.15) is 53.0 Å². The molecule has 0 atom stereocenters. The van der Waals surface area contributed by atoms with Crippen LogP contribution >= 0.6 is 0 Å². The Morgan fingerprint density at radius 2 is 1.65 bits per heavy atom. The van der Waals surface area contributed by atoms with E-state index >= 15 is 0 Å². The van der Waals surface area contributed by atoms with Gasteiger partial charge in [-0.2, -0.15) is 4.31 Å². The lowest BCUT2D eigenvalue weighted by atomic mass is 10.0. The highest BCUT2D eigenvalue weighted by molar-refractivity contribution is 7.89. The lowest BCUT2D eigenvalue weighted by Gasteiger charge is -2.29. The number of ether oxygens (including phenoxy) is 2. The van der Waals surface area contributed by atoms with Gasteiger partial charge in [0.25, 0.3) is 0 Å². The summed E-state index contributed by atoms with van der Waals surface area (Å²) in [6.45, 7) is 4.52. The quantitative estimate of drug-likeness (QED) is 0.477. The van der Waals surface area contributed by atoms with Crippen LogP contribution in [0.3, 0.4) is 0 Å². The molecule has 8 heteroatoms. The molecule has 2 aromatic carbocycles. The van der Waals surface area contributed by atoms with Crippen LogP contribution in [0.15, 0.2) is 47.4 Å². The number of carbonyl (C=O) groups excluding carboxylic acids is 2. The van der Waals surface area contributed by atoms with Crippen LogP contribution in [-0.4, -0.2) is 44.7 Å². The fourth-order valence-corrected chi connectivity index (χ4v) is 4.94. The first-order valence-electron chi connectivity index (χ1n) is 10.2. The predicted octanol–water partition coefficient (Wildman–Crippen LogP) is 3.68. The highest BCUT2D eigenvalue weighted by Gasteiger charge is 2.28. The molecule has 0 N–H and O–H groups in total. The number of nitrogens with zero attached hydrogens (tertiary/aromatic N) is 1. The van der Waals surface area contributed by atoms with E-state index in [1.165, 1.54) is 42.6 Å². The molecule has 0 aromatic heterocycles. The number of hydrogen-bond acceptors (Lipinski definition) is 6. The number of hydrogen-bond donors (Lipinski definition) is 0. The van der Waals surface area contributed by atoms with E-state index in [1.807, 2.05) is 0 Å². The molecule has 1 aliphatic heterocycles. The monoisotopic (exact) mass is 445 g/mol. The number of Topliss-reactive ketones (excluding diaryl/α,β-unsaturated/α-hetero) is 1. The van der Waals surface area contributed by atoms with Gasteiger partial charge in [0.1, 0.15) is 12.4 Å². The van der Waals surface area contributed by atoms with Crippen molar-refractivity contribution in [3.05, 3.63) is 59.2 Å². The number of carbonyl (C=O) groups is 2. The summed E-state index contributed by atoms with van der Waals surface area (Å²) in [5.74, 6) is 0.342. The Kier molecular flexibility index (Phi) is 7.12. The summed E-state index contributed by atoms with van der Waals surface area (Å²) in [6.07, 6.45) is 1.69. The summed E-state index contributed by atoms with van der Waals surface area (Å²) in [7, 11) is -2.08. The van der Waals surface area contributed by atoms with Crippen molar-refractivity contribution in [1.29, 1.82) is 0 Å². The SMILES string of the molecule is COc1ccc(C(C)=O)cc1COC(=O)c1ccc(S(=O)(=O)N2CCC(C)CC2)cc1. The van der Waals surface area contributed by atoms with Gasteiger partial charge in [0, 0.05) is 24.2 Å². The van der Waals surface area contributed by atoms with Gasteiger partial charge in [0.15, 0.2) is 5.78 Å². The summed E-state index contributed by atoms with van der Waals surface area (Å²) in [5, 5.41) is 0. The minimum atomic E-state index is -3.57. The maximum absolute atomic E-state index is 12.8. The third kappa shape index (κ3) is 5.32. The van der Waals surface area contributed by atoms with Crippen LogP contribution in [0.5, 0.6) is 5.75 Å². The minimum Gasteiger partial charge on any atom is -0.496 e. The second-order valence-electron chi connectivity index (χ2n) is 7.77. The predicted molar refractivity (Wildman–Crippen MR) is 116 cm³/mol. The number of rotatable bonds is 7. The molecule has 1 fully saturated rings. The van der Waals surface area contributed by atoms with Gasteiger partial charge in [0.05, 0.1) is 17.6 Å². The van der Waals surface area contributed by atoms with E-state index in [9.17, 15) is 18.0 Å². The van der Waals surface area contributed by atoms with Crippen molar-refractivity contribution >= 4 is 21.8 Å². The molecule has 2 aromatic rings. The fraction of sp³-hybridized carbons (Fsp3) is 0.391. The molecule has 166 valence electrons. The molecule has 0 bridgehead atoms. The first-order chi connectivity index (χ1) is 14.7. The second kappa shape index (κ2) is 9.62. The minimum absolute atomic E-state index is 0.0743. The molecule has 0 spiro atoms. The van der Waals surface area contributed by atoms with Crippen molar-refractivity contribution in [2.45, 2.75) is 38.2 Å². The first kappa shape index (κ1) is 23.0. The van der Waals surface area contributed by atoms with Gasteiger partial charge in [-0.25, -0.2) is 13.2 Å². The molecule has 1 heterocycles. The third-order valence-corrected chi connectivity index (χ3v) is 7.43. The van der Waals surface area contributed by atoms with Gasteiger partial charge in [-0.15, -0.1) is 0 Å². The summed E-state index contributed by atoms with van der Waals surface area (Å²) in [4.78, 5) is 24.2. The molecule has 0 unspecified atom stereocenters. The molecule has 0 radical (unpaired) electrons. The highest BCUT2D eigenvalue weighted by Crippen LogP contribution is 2.24. The lowest BCUT2D eigenvalue weighted by molar-refractivity contribution is 0.0470. The van der Waals surface area contributed by atoms with Crippen molar-refractivity contribution in [2.75, 3.05) is 20.2 Å². The molecule has 7 nitrogen and oxygen atoms in total. The van der Waals surface area contributed by atoms with Crippen LogP contribution in [0.2, 0.25) is 0 Å². The van der Waals surface area contributed by atoms with Crippen molar-refractivity contribution in [3.8, 4) is 5.75 Å². The maximum Gasteiger partial charge on any atom is 0.338 e. The van der Waals surface area contributed by atoms with Gasteiger partial charge in [-0.1, -0.05) is 6.92 Å². The van der Waals surface area contributed by atoms with E-state index in [-0.39, 0.29) is 22.8 Å². The summed E-state index contributed by atoms with van der Waals surface area (Å²) in [5.41, 5.74) is 1.31. The van der Waals surface area contributed by atoms with E-state index in [0.717, 1.165) is 12.8 Å². The molecule has 0 saturated carbocycles. The van der Waals surface area contributed by atoms with Crippen LogP contribution in [-0.2, 0) is 21.4 Å². The zero-order valence-corrected chi connectivity index (χ0v) is 18.8. The Labute approximate surface area is 183 Å².